The topological polar surface area (TPSA) is 22.1 Å². The van der Waals surface area contributed by atoms with Gasteiger partial charge in [-0.2, -0.15) is 0 Å². The van der Waals surface area contributed by atoms with Crippen molar-refractivity contribution in [1.82, 2.24) is 4.98 Å². The van der Waals surface area contributed by atoms with E-state index in [1.165, 1.54) is 0 Å². The number of hydrogen-bond donors (Lipinski definition) is 0. The van der Waals surface area contributed by atoms with Crippen molar-refractivity contribution in [2.24, 2.45) is 0 Å². The lowest BCUT2D eigenvalue weighted by Gasteiger charge is -2.06. The molecule has 0 N–H and O–H groups in total. The fourth-order valence-corrected chi connectivity index (χ4v) is 2.36. The summed E-state index contributed by atoms with van der Waals surface area (Å²) in [6.45, 7) is 0. The Morgan fingerprint density at radius 3 is 2.58 bits per heavy atom. The molecule has 0 radical (unpaired) electrons. The molecular weight excluding hydrogens is 326 g/mol. The van der Waals surface area contributed by atoms with Crippen LogP contribution >= 0.6 is 27.5 Å². The molecular formula is C15H9BrClNO. The second-order valence-corrected chi connectivity index (χ2v) is 5.36. The average molecular weight is 335 g/mol. The largest absolute Gasteiger partial charge is 0.439 e. The van der Waals surface area contributed by atoms with E-state index in [0.29, 0.717) is 11.0 Å². The fourth-order valence-electron chi connectivity index (χ4n) is 1.83. The molecule has 0 bridgehead atoms. The Balaban J connectivity index is 1.95. The third-order valence-corrected chi connectivity index (χ3v) is 3.39. The van der Waals surface area contributed by atoms with Crippen molar-refractivity contribution in [1.29, 1.82) is 0 Å². The Labute approximate surface area is 124 Å². The van der Waals surface area contributed by atoms with E-state index in [2.05, 4.69) is 27.0 Å². The first-order chi connectivity index (χ1) is 9.20. The highest BCUT2D eigenvalue weighted by molar-refractivity contribution is 9.10. The van der Waals surface area contributed by atoms with Gasteiger partial charge in [0.1, 0.15) is 10.9 Å². The van der Waals surface area contributed by atoms with Crippen LogP contribution in [0.5, 0.6) is 11.6 Å². The molecule has 94 valence electrons. The zero-order valence-corrected chi connectivity index (χ0v) is 12.1. The van der Waals surface area contributed by atoms with E-state index in [4.69, 9.17) is 16.3 Å². The van der Waals surface area contributed by atoms with Crippen molar-refractivity contribution >= 4 is 38.3 Å². The van der Waals surface area contributed by atoms with Gasteiger partial charge < -0.3 is 4.74 Å². The maximum Gasteiger partial charge on any atom is 0.220 e. The van der Waals surface area contributed by atoms with Crippen molar-refractivity contribution < 1.29 is 4.74 Å². The molecule has 1 aromatic heterocycles. The van der Waals surface area contributed by atoms with Gasteiger partial charge in [0.15, 0.2) is 0 Å². The van der Waals surface area contributed by atoms with E-state index < -0.39 is 0 Å². The van der Waals surface area contributed by atoms with Crippen LogP contribution in [0.25, 0.3) is 10.8 Å². The molecule has 0 atom stereocenters. The Kier molecular flexibility index (Phi) is 3.40. The number of hydrogen-bond acceptors (Lipinski definition) is 2. The predicted molar refractivity (Wildman–Crippen MR) is 81.0 cm³/mol. The van der Waals surface area contributed by atoms with Crippen molar-refractivity contribution in [2.75, 3.05) is 0 Å². The van der Waals surface area contributed by atoms with Crippen LogP contribution in [-0.4, -0.2) is 4.98 Å². The minimum absolute atomic E-state index is 0.419. The van der Waals surface area contributed by atoms with Crippen LogP contribution in [0.4, 0.5) is 0 Å². The van der Waals surface area contributed by atoms with Gasteiger partial charge in [0, 0.05) is 10.5 Å². The van der Waals surface area contributed by atoms with Gasteiger partial charge in [0.25, 0.3) is 0 Å². The van der Waals surface area contributed by atoms with E-state index >= 15 is 0 Å². The SMILES string of the molecule is Clc1cccc(Oc2ccc3cc(Br)ccc3c2)n1. The predicted octanol–water partition coefficient (Wildman–Crippen LogP) is 5.44. The second-order valence-electron chi connectivity index (χ2n) is 4.05. The third kappa shape index (κ3) is 2.88. The number of aromatic nitrogens is 1. The molecule has 3 rings (SSSR count). The van der Waals surface area contributed by atoms with Crippen LogP contribution in [0.15, 0.2) is 59.1 Å². The summed E-state index contributed by atoms with van der Waals surface area (Å²) in [5.74, 6) is 1.23. The number of halogens is 2. The average Bonchev–Trinajstić information content (AvgIpc) is 2.39. The van der Waals surface area contributed by atoms with Crippen molar-refractivity contribution in [2.45, 2.75) is 0 Å². The molecule has 1 heterocycles. The van der Waals surface area contributed by atoms with E-state index in [1.54, 1.807) is 12.1 Å². The molecule has 4 heteroatoms. The van der Waals surface area contributed by atoms with Crippen LogP contribution in [0.3, 0.4) is 0 Å². The first-order valence-electron chi connectivity index (χ1n) is 5.70. The first kappa shape index (κ1) is 12.5. The number of nitrogens with zero attached hydrogens (tertiary/aromatic N) is 1. The van der Waals surface area contributed by atoms with Crippen molar-refractivity contribution in [3.05, 3.63) is 64.2 Å². The van der Waals surface area contributed by atoms with Crippen molar-refractivity contribution in [3.63, 3.8) is 0 Å². The Morgan fingerprint density at radius 2 is 1.74 bits per heavy atom. The van der Waals surface area contributed by atoms with E-state index in [1.807, 2.05) is 36.4 Å². The fraction of sp³-hybridized carbons (Fsp3) is 0. The Bertz CT molecular complexity index is 745. The quantitative estimate of drug-likeness (QED) is 0.582. The van der Waals surface area contributed by atoms with E-state index in [0.717, 1.165) is 21.0 Å². The molecule has 0 amide bonds. The van der Waals surface area contributed by atoms with Crippen LogP contribution in [-0.2, 0) is 0 Å². The maximum atomic E-state index is 5.83. The Morgan fingerprint density at radius 1 is 0.947 bits per heavy atom. The molecule has 0 aliphatic carbocycles. The van der Waals surface area contributed by atoms with Crippen LogP contribution in [0.1, 0.15) is 0 Å². The molecule has 2 aromatic carbocycles. The second kappa shape index (κ2) is 5.19. The summed E-state index contributed by atoms with van der Waals surface area (Å²) in [4.78, 5) is 4.10. The molecule has 2 nitrogen and oxygen atoms in total. The highest BCUT2D eigenvalue weighted by Gasteiger charge is 2.01. The normalized spacial score (nSPS) is 10.6. The lowest BCUT2D eigenvalue weighted by molar-refractivity contribution is 0.464. The standard InChI is InChI=1S/C15H9BrClNO/c16-12-6-4-11-9-13(7-5-10(11)8-12)19-15-3-1-2-14(17)18-15/h1-9H. The molecule has 0 saturated heterocycles. The summed E-state index contributed by atoms with van der Waals surface area (Å²) < 4.78 is 6.75. The van der Waals surface area contributed by atoms with Crippen LogP contribution < -0.4 is 4.74 Å². The van der Waals surface area contributed by atoms with E-state index in [9.17, 15) is 0 Å². The molecule has 0 saturated carbocycles. The van der Waals surface area contributed by atoms with Gasteiger partial charge in [0.05, 0.1) is 0 Å². The van der Waals surface area contributed by atoms with Gasteiger partial charge in [-0.15, -0.1) is 0 Å². The highest BCUT2D eigenvalue weighted by Crippen LogP contribution is 2.27. The smallest absolute Gasteiger partial charge is 0.220 e. The minimum Gasteiger partial charge on any atom is -0.439 e. The van der Waals surface area contributed by atoms with Gasteiger partial charge in [-0.05, 0) is 41.1 Å². The highest BCUT2D eigenvalue weighted by atomic mass is 79.9. The lowest BCUT2D eigenvalue weighted by Crippen LogP contribution is -1.87. The Hall–Kier alpha value is -1.58. The molecule has 0 spiro atoms. The molecule has 0 aliphatic heterocycles. The molecule has 0 unspecified atom stereocenters. The lowest BCUT2D eigenvalue weighted by atomic mass is 10.1. The van der Waals surface area contributed by atoms with Crippen molar-refractivity contribution in [3.8, 4) is 11.6 Å². The first-order valence-corrected chi connectivity index (χ1v) is 6.87. The van der Waals surface area contributed by atoms with Gasteiger partial charge >= 0.3 is 0 Å². The monoisotopic (exact) mass is 333 g/mol. The maximum absolute atomic E-state index is 5.83. The molecule has 0 aliphatic rings. The molecule has 3 aromatic rings. The minimum atomic E-state index is 0.419. The van der Waals surface area contributed by atoms with Gasteiger partial charge in [-0.1, -0.05) is 45.7 Å². The zero-order chi connectivity index (χ0) is 13.2. The van der Waals surface area contributed by atoms with Gasteiger partial charge in [-0.3, -0.25) is 0 Å². The summed E-state index contributed by atoms with van der Waals surface area (Å²) in [6, 6.07) is 17.3. The number of rotatable bonds is 2. The summed E-state index contributed by atoms with van der Waals surface area (Å²) in [7, 11) is 0. The number of fused-ring (bicyclic) bond motifs is 1. The number of ether oxygens (including phenoxy) is 1. The third-order valence-electron chi connectivity index (χ3n) is 2.69. The summed E-state index contributed by atoms with van der Waals surface area (Å²) in [6.07, 6.45) is 0. The molecule has 0 fully saturated rings. The summed E-state index contributed by atoms with van der Waals surface area (Å²) in [5.41, 5.74) is 0. The summed E-state index contributed by atoms with van der Waals surface area (Å²) in [5, 5.41) is 2.69. The number of pyridine rings is 1. The van der Waals surface area contributed by atoms with Gasteiger partial charge in [0.2, 0.25) is 5.88 Å². The van der Waals surface area contributed by atoms with Crippen LogP contribution in [0, 0.1) is 0 Å². The molecule has 19 heavy (non-hydrogen) atoms. The van der Waals surface area contributed by atoms with Crippen LogP contribution in [0.2, 0.25) is 5.15 Å². The number of benzene rings is 2. The summed E-state index contributed by atoms with van der Waals surface area (Å²) >= 11 is 9.28. The van der Waals surface area contributed by atoms with Gasteiger partial charge in [-0.25, -0.2) is 4.98 Å². The van der Waals surface area contributed by atoms with E-state index in [-0.39, 0.29) is 0 Å². The zero-order valence-electron chi connectivity index (χ0n) is 9.81.